The third kappa shape index (κ3) is 5.94. The molecule has 3 aromatic carbocycles. The number of carbonyl (C=O) groups excluding carboxylic acids is 1. The molecule has 5 rings (SSSR count). The fourth-order valence-corrected chi connectivity index (χ4v) is 4.90. The molecule has 1 atom stereocenters. The number of benzene rings is 3. The molecule has 5 nitrogen and oxygen atoms in total. The number of hydrogen-bond donors (Lipinski definition) is 1. The van der Waals surface area contributed by atoms with Crippen LogP contribution in [0.5, 0.6) is 5.75 Å². The van der Waals surface area contributed by atoms with Crippen molar-refractivity contribution in [3.8, 4) is 5.75 Å². The van der Waals surface area contributed by atoms with E-state index in [1.807, 2.05) is 31.2 Å². The molecule has 0 saturated heterocycles. The number of nitrogens with one attached hydrogen (secondary N) is 1. The zero-order valence-electron chi connectivity index (χ0n) is 21.9. The van der Waals surface area contributed by atoms with Gasteiger partial charge in [-0.3, -0.25) is 9.78 Å². The summed E-state index contributed by atoms with van der Waals surface area (Å²) in [5.41, 5.74) is 6.93. The first-order valence-corrected chi connectivity index (χ1v) is 13.1. The van der Waals surface area contributed by atoms with E-state index in [0.29, 0.717) is 19.6 Å². The van der Waals surface area contributed by atoms with Crippen LogP contribution in [-0.2, 0) is 17.9 Å². The molecule has 1 N–H and O–H groups in total. The van der Waals surface area contributed by atoms with E-state index >= 15 is 0 Å². The largest absolute Gasteiger partial charge is 0.494 e. The second-order valence-corrected chi connectivity index (χ2v) is 9.61. The van der Waals surface area contributed by atoms with E-state index in [0.717, 1.165) is 34.5 Å². The van der Waals surface area contributed by atoms with Crippen molar-refractivity contribution in [1.82, 2.24) is 14.9 Å². The highest BCUT2D eigenvalue weighted by Gasteiger charge is 2.23. The number of amides is 1. The van der Waals surface area contributed by atoms with Gasteiger partial charge in [0.15, 0.2) is 0 Å². The van der Waals surface area contributed by atoms with Crippen LogP contribution in [0.15, 0.2) is 104 Å². The highest BCUT2D eigenvalue weighted by Crippen LogP contribution is 2.36. The van der Waals surface area contributed by atoms with Crippen molar-refractivity contribution in [3.63, 3.8) is 0 Å². The van der Waals surface area contributed by atoms with E-state index in [-0.39, 0.29) is 11.8 Å². The van der Waals surface area contributed by atoms with Crippen LogP contribution in [0.25, 0.3) is 10.9 Å². The summed E-state index contributed by atoms with van der Waals surface area (Å²) in [6.45, 7) is 5.95. The first-order chi connectivity index (χ1) is 18.6. The molecule has 0 aliphatic carbocycles. The van der Waals surface area contributed by atoms with Crippen LogP contribution in [0.1, 0.15) is 47.1 Å². The van der Waals surface area contributed by atoms with E-state index in [9.17, 15) is 4.79 Å². The topological polar surface area (TPSA) is 56.1 Å². The fraction of sp³-hybridized carbons (Fsp3) is 0.212. The Labute approximate surface area is 224 Å². The number of aryl methyl sites for hydroxylation is 1. The van der Waals surface area contributed by atoms with Gasteiger partial charge in [-0.05, 0) is 66.4 Å². The normalized spacial score (nSPS) is 11.8. The van der Waals surface area contributed by atoms with Gasteiger partial charge in [-0.2, -0.15) is 0 Å². The predicted molar refractivity (Wildman–Crippen MR) is 152 cm³/mol. The summed E-state index contributed by atoms with van der Waals surface area (Å²) in [6, 6.07) is 29.1. The highest BCUT2D eigenvalue weighted by atomic mass is 16.5. The lowest BCUT2D eigenvalue weighted by molar-refractivity contribution is -0.121. The van der Waals surface area contributed by atoms with E-state index < -0.39 is 0 Å². The average Bonchev–Trinajstić information content (AvgIpc) is 3.31. The third-order valence-electron chi connectivity index (χ3n) is 6.89. The molecule has 0 fully saturated rings. The number of rotatable bonds is 10. The molecule has 0 saturated carbocycles. The molecule has 0 radical (unpaired) electrons. The van der Waals surface area contributed by atoms with Crippen LogP contribution in [0.3, 0.4) is 0 Å². The molecule has 0 aliphatic heterocycles. The van der Waals surface area contributed by atoms with Gasteiger partial charge >= 0.3 is 0 Å². The first kappa shape index (κ1) is 25.3. The van der Waals surface area contributed by atoms with Gasteiger partial charge in [0.1, 0.15) is 5.75 Å². The van der Waals surface area contributed by atoms with E-state index in [1.54, 1.807) is 12.4 Å². The Morgan fingerprint density at radius 3 is 2.39 bits per heavy atom. The number of pyridine rings is 1. The van der Waals surface area contributed by atoms with Gasteiger partial charge in [0.2, 0.25) is 5.91 Å². The Morgan fingerprint density at radius 2 is 1.66 bits per heavy atom. The molecule has 2 aromatic heterocycles. The number of para-hydroxylation sites is 1. The van der Waals surface area contributed by atoms with Crippen molar-refractivity contribution >= 4 is 16.8 Å². The lowest BCUT2D eigenvalue weighted by Crippen LogP contribution is -2.25. The van der Waals surface area contributed by atoms with Crippen molar-refractivity contribution in [2.45, 2.75) is 39.3 Å². The molecule has 192 valence electrons. The van der Waals surface area contributed by atoms with E-state index in [1.165, 1.54) is 16.5 Å². The van der Waals surface area contributed by atoms with Crippen molar-refractivity contribution in [3.05, 3.63) is 131 Å². The van der Waals surface area contributed by atoms with E-state index in [4.69, 9.17) is 4.74 Å². The van der Waals surface area contributed by atoms with Crippen LogP contribution in [0.2, 0.25) is 0 Å². The predicted octanol–water partition coefficient (Wildman–Crippen LogP) is 6.63. The Kier molecular flexibility index (Phi) is 7.84. The van der Waals surface area contributed by atoms with Crippen LogP contribution in [-0.4, -0.2) is 22.1 Å². The molecular formula is C33H33N3O2. The van der Waals surface area contributed by atoms with Crippen molar-refractivity contribution in [1.29, 1.82) is 0 Å². The number of ether oxygens (including phenoxy) is 1. The smallest absolute Gasteiger partial charge is 0.221 e. The zero-order chi connectivity index (χ0) is 26.3. The molecule has 5 heteroatoms. The molecule has 0 unspecified atom stereocenters. The fourth-order valence-electron chi connectivity index (χ4n) is 4.90. The number of fused-ring (bicyclic) bond motifs is 1. The molecule has 1 amide bonds. The second kappa shape index (κ2) is 11.8. The molecule has 5 aromatic rings. The summed E-state index contributed by atoms with van der Waals surface area (Å²) in [5.74, 6) is 0.738. The average molecular weight is 504 g/mol. The van der Waals surface area contributed by atoms with Crippen molar-refractivity contribution in [2.24, 2.45) is 0 Å². The van der Waals surface area contributed by atoms with Gasteiger partial charge in [-0.1, -0.05) is 60.2 Å². The summed E-state index contributed by atoms with van der Waals surface area (Å²) in [7, 11) is 0. The molecule has 38 heavy (non-hydrogen) atoms. The lowest BCUT2D eigenvalue weighted by Gasteiger charge is -2.18. The first-order valence-electron chi connectivity index (χ1n) is 13.1. The standard InChI is InChI=1S/C33H33N3O2/c1-3-38-28-14-12-27(13-15-28)30(20-33(37)35-21-25-16-18-34-19-17-25)31-23-36(32-7-5-4-6-29(31)32)22-26-10-8-24(2)9-11-26/h4-19,23,30H,3,20-22H2,1-2H3,(H,35,37)/t30-/m1/s1. The van der Waals surface area contributed by atoms with Gasteiger partial charge in [-0.15, -0.1) is 0 Å². The molecule has 0 spiro atoms. The number of carbonyl (C=O) groups is 1. The molecular weight excluding hydrogens is 470 g/mol. The Hall–Kier alpha value is -4.38. The van der Waals surface area contributed by atoms with E-state index in [2.05, 4.69) is 88.7 Å². The highest BCUT2D eigenvalue weighted by molar-refractivity contribution is 5.86. The second-order valence-electron chi connectivity index (χ2n) is 9.61. The minimum absolute atomic E-state index is 0.0102. The monoisotopic (exact) mass is 503 g/mol. The molecule has 0 bridgehead atoms. The number of hydrogen-bond acceptors (Lipinski definition) is 3. The van der Waals surface area contributed by atoms with Crippen LogP contribution >= 0.6 is 0 Å². The lowest BCUT2D eigenvalue weighted by atomic mass is 9.88. The van der Waals surface area contributed by atoms with Crippen molar-refractivity contribution < 1.29 is 9.53 Å². The zero-order valence-corrected chi connectivity index (χ0v) is 21.9. The maximum atomic E-state index is 13.3. The van der Waals surface area contributed by atoms with Gasteiger partial charge in [-0.25, -0.2) is 0 Å². The summed E-state index contributed by atoms with van der Waals surface area (Å²) >= 11 is 0. The molecule has 2 heterocycles. The third-order valence-corrected chi connectivity index (χ3v) is 6.89. The summed E-state index contributed by atoms with van der Waals surface area (Å²) in [6.07, 6.45) is 6.06. The minimum Gasteiger partial charge on any atom is -0.494 e. The SMILES string of the molecule is CCOc1ccc([C@@H](CC(=O)NCc2ccncc2)c2cn(Cc3ccc(C)cc3)c3ccccc23)cc1. The van der Waals surface area contributed by atoms with Gasteiger partial charge < -0.3 is 14.6 Å². The minimum atomic E-state index is -0.104. The van der Waals surface area contributed by atoms with Gasteiger partial charge in [0.05, 0.1) is 6.61 Å². The maximum absolute atomic E-state index is 13.3. The summed E-state index contributed by atoms with van der Waals surface area (Å²) in [4.78, 5) is 17.3. The Morgan fingerprint density at radius 1 is 0.921 bits per heavy atom. The van der Waals surface area contributed by atoms with Gasteiger partial charge in [0.25, 0.3) is 0 Å². The quantitative estimate of drug-likeness (QED) is 0.233. The van der Waals surface area contributed by atoms with Crippen molar-refractivity contribution in [2.75, 3.05) is 6.61 Å². The summed E-state index contributed by atoms with van der Waals surface area (Å²) < 4.78 is 7.97. The number of nitrogens with zero attached hydrogens (tertiary/aromatic N) is 2. The van der Waals surface area contributed by atoms with Crippen LogP contribution in [0.4, 0.5) is 0 Å². The van der Waals surface area contributed by atoms with Crippen LogP contribution < -0.4 is 10.1 Å². The van der Waals surface area contributed by atoms with Gasteiger partial charge in [0, 0.05) is 54.9 Å². The Balaban J connectivity index is 1.49. The molecule has 0 aliphatic rings. The summed E-state index contributed by atoms with van der Waals surface area (Å²) in [5, 5.41) is 4.27. The number of aromatic nitrogens is 2. The Bertz CT molecular complexity index is 1490. The van der Waals surface area contributed by atoms with Crippen LogP contribution in [0, 0.1) is 6.92 Å². The maximum Gasteiger partial charge on any atom is 0.221 e.